The molecule has 2 atom stereocenters. The number of unbranched alkanes of at least 4 members (excludes halogenated alkanes) is 1. The van der Waals surface area contributed by atoms with Crippen LogP contribution in [0.2, 0.25) is 0 Å². The summed E-state index contributed by atoms with van der Waals surface area (Å²) in [5, 5.41) is 12.3. The summed E-state index contributed by atoms with van der Waals surface area (Å²) in [6, 6.07) is -0.200. The van der Waals surface area contributed by atoms with Crippen molar-refractivity contribution in [2.45, 2.75) is 31.4 Å². The number of allylic oxidation sites excluding steroid dienone is 1. The van der Waals surface area contributed by atoms with Crippen LogP contribution in [-0.2, 0) is 4.79 Å². The van der Waals surface area contributed by atoms with Crippen LogP contribution < -0.4 is 5.32 Å². The molecule has 1 aliphatic heterocycles. The van der Waals surface area contributed by atoms with Gasteiger partial charge in [0.15, 0.2) is 0 Å². The average Bonchev–Trinajstić information content (AvgIpc) is 2.64. The van der Waals surface area contributed by atoms with E-state index in [1.165, 1.54) is 0 Å². The summed E-state index contributed by atoms with van der Waals surface area (Å²) in [6.45, 7) is 4.91. The van der Waals surface area contributed by atoms with Gasteiger partial charge in [0.25, 0.3) is 0 Å². The number of aliphatic hydroxyl groups is 1. The molecule has 0 aromatic rings. The molecule has 94 valence electrons. The molecular weight excluding hydrogens is 228 g/mol. The third-order valence-electron chi connectivity index (χ3n) is 2.68. The lowest BCUT2D eigenvalue weighted by Crippen LogP contribution is -2.41. The standard InChI is InChI=1S/C11H20N2O2.ClH/c1-3-4-5-6-13(2)11(15)10-7-9(14)8-12-10;/h3,9-10,12,14H,1,4-8H2,2H3;1H. The van der Waals surface area contributed by atoms with E-state index in [1.807, 2.05) is 6.08 Å². The Hall–Kier alpha value is -0.580. The smallest absolute Gasteiger partial charge is 0.239 e. The van der Waals surface area contributed by atoms with Crippen LogP contribution in [0.15, 0.2) is 12.7 Å². The van der Waals surface area contributed by atoms with Crippen molar-refractivity contribution >= 4 is 18.3 Å². The van der Waals surface area contributed by atoms with E-state index >= 15 is 0 Å². The molecule has 0 saturated carbocycles. The summed E-state index contributed by atoms with van der Waals surface area (Å²) < 4.78 is 0. The third-order valence-corrected chi connectivity index (χ3v) is 2.68. The van der Waals surface area contributed by atoms with Crippen molar-refractivity contribution in [2.24, 2.45) is 0 Å². The Kier molecular flexibility index (Phi) is 7.38. The van der Waals surface area contributed by atoms with Crippen LogP contribution in [0.5, 0.6) is 0 Å². The average molecular weight is 249 g/mol. The molecule has 0 radical (unpaired) electrons. The quantitative estimate of drug-likeness (QED) is 0.552. The molecule has 1 aliphatic rings. The Morgan fingerprint density at radius 1 is 1.69 bits per heavy atom. The van der Waals surface area contributed by atoms with Crippen molar-refractivity contribution in [3.05, 3.63) is 12.7 Å². The normalized spacial score (nSPS) is 23.6. The minimum absolute atomic E-state index is 0. The van der Waals surface area contributed by atoms with Gasteiger partial charge < -0.3 is 15.3 Å². The number of carbonyl (C=O) groups excluding carboxylic acids is 1. The van der Waals surface area contributed by atoms with E-state index in [0.717, 1.165) is 19.4 Å². The summed E-state index contributed by atoms with van der Waals surface area (Å²) >= 11 is 0. The number of hydrogen-bond donors (Lipinski definition) is 2. The van der Waals surface area contributed by atoms with Crippen molar-refractivity contribution in [3.63, 3.8) is 0 Å². The number of aliphatic hydroxyl groups excluding tert-OH is 1. The lowest BCUT2D eigenvalue weighted by Gasteiger charge is -2.20. The van der Waals surface area contributed by atoms with Gasteiger partial charge in [0.2, 0.25) is 5.91 Å². The molecule has 1 saturated heterocycles. The topological polar surface area (TPSA) is 52.6 Å². The molecular formula is C11H21ClN2O2. The SMILES string of the molecule is C=CCCCN(C)C(=O)C1CC(O)CN1.Cl. The fraction of sp³-hybridized carbons (Fsp3) is 0.727. The van der Waals surface area contributed by atoms with Crippen molar-refractivity contribution in [3.8, 4) is 0 Å². The number of carbonyl (C=O) groups is 1. The van der Waals surface area contributed by atoms with Gasteiger partial charge in [-0.1, -0.05) is 6.08 Å². The summed E-state index contributed by atoms with van der Waals surface area (Å²) in [4.78, 5) is 13.5. The highest BCUT2D eigenvalue weighted by Crippen LogP contribution is 2.09. The first-order chi connectivity index (χ1) is 7.15. The molecule has 1 amide bonds. The second-order valence-electron chi connectivity index (χ2n) is 4.04. The fourth-order valence-electron chi connectivity index (χ4n) is 1.75. The maximum Gasteiger partial charge on any atom is 0.239 e. The molecule has 5 heteroatoms. The van der Waals surface area contributed by atoms with E-state index in [9.17, 15) is 9.90 Å². The molecule has 4 nitrogen and oxygen atoms in total. The van der Waals surface area contributed by atoms with Gasteiger partial charge in [0.05, 0.1) is 12.1 Å². The number of halogens is 1. The van der Waals surface area contributed by atoms with Crippen LogP contribution in [0, 0.1) is 0 Å². The van der Waals surface area contributed by atoms with Crippen molar-refractivity contribution in [1.82, 2.24) is 10.2 Å². The number of amides is 1. The Bertz CT molecular complexity index is 236. The van der Waals surface area contributed by atoms with Crippen LogP contribution in [0.1, 0.15) is 19.3 Å². The minimum Gasteiger partial charge on any atom is -0.392 e. The molecule has 2 N–H and O–H groups in total. The molecule has 0 aliphatic carbocycles. The molecule has 1 fully saturated rings. The largest absolute Gasteiger partial charge is 0.392 e. The highest BCUT2D eigenvalue weighted by atomic mass is 35.5. The highest BCUT2D eigenvalue weighted by Gasteiger charge is 2.29. The van der Waals surface area contributed by atoms with Crippen molar-refractivity contribution < 1.29 is 9.90 Å². The van der Waals surface area contributed by atoms with Crippen molar-refractivity contribution in [2.75, 3.05) is 20.1 Å². The minimum atomic E-state index is -0.375. The van der Waals surface area contributed by atoms with Gasteiger partial charge in [-0.25, -0.2) is 0 Å². The van der Waals surface area contributed by atoms with E-state index in [4.69, 9.17) is 0 Å². The van der Waals surface area contributed by atoms with Crippen LogP contribution in [0.4, 0.5) is 0 Å². The maximum atomic E-state index is 11.8. The first-order valence-electron chi connectivity index (χ1n) is 5.42. The number of nitrogens with one attached hydrogen (secondary N) is 1. The zero-order chi connectivity index (χ0) is 11.3. The third kappa shape index (κ3) is 4.51. The van der Waals surface area contributed by atoms with Gasteiger partial charge in [-0.3, -0.25) is 4.79 Å². The second-order valence-corrected chi connectivity index (χ2v) is 4.04. The summed E-state index contributed by atoms with van der Waals surface area (Å²) in [6.07, 6.45) is 3.89. The first kappa shape index (κ1) is 15.4. The number of nitrogens with zero attached hydrogens (tertiary/aromatic N) is 1. The molecule has 1 heterocycles. The lowest BCUT2D eigenvalue weighted by molar-refractivity contribution is -0.131. The van der Waals surface area contributed by atoms with E-state index < -0.39 is 0 Å². The predicted octanol–water partition coefficient (Wildman–Crippen LogP) is 0.556. The van der Waals surface area contributed by atoms with Gasteiger partial charge in [0, 0.05) is 20.1 Å². The Morgan fingerprint density at radius 3 is 2.88 bits per heavy atom. The molecule has 2 unspecified atom stereocenters. The van der Waals surface area contributed by atoms with Gasteiger partial charge >= 0.3 is 0 Å². The number of hydrogen-bond acceptors (Lipinski definition) is 3. The zero-order valence-corrected chi connectivity index (χ0v) is 10.5. The van der Waals surface area contributed by atoms with Crippen LogP contribution in [-0.4, -0.2) is 48.2 Å². The van der Waals surface area contributed by atoms with Gasteiger partial charge in [-0.2, -0.15) is 0 Å². The summed E-state index contributed by atoms with van der Waals surface area (Å²) in [5.41, 5.74) is 0. The van der Waals surface area contributed by atoms with Crippen LogP contribution in [0.25, 0.3) is 0 Å². The van der Waals surface area contributed by atoms with Crippen LogP contribution >= 0.6 is 12.4 Å². The molecule has 16 heavy (non-hydrogen) atoms. The molecule has 0 bridgehead atoms. The Balaban J connectivity index is 0.00000225. The molecule has 1 rings (SSSR count). The summed E-state index contributed by atoms with van der Waals surface area (Å²) in [5.74, 6) is 0.0793. The van der Waals surface area contributed by atoms with Crippen molar-refractivity contribution in [1.29, 1.82) is 0 Å². The maximum absolute atomic E-state index is 11.8. The van der Waals surface area contributed by atoms with E-state index in [2.05, 4.69) is 11.9 Å². The van der Waals surface area contributed by atoms with Crippen LogP contribution in [0.3, 0.4) is 0 Å². The molecule has 0 aromatic carbocycles. The first-order valence-corrected chi connectivity index (χ1v) is 5.42. The summed E-state index contributed by atoms with van der Waals surface area (Å²) in [7, 11) is 1.80. The van der Waals surface area contributed by atoms with E-state index in [0.29, 0.717) is 13.0 Å². The number of likely N-dealkylation sites (N-methyl/N-ethyl adjacent to an activating group) is 1. The number of rotatable bonds is 5. The fourth-order valence-corrected chi connectivity index (χ4v) is 1.75. The Morgan fingerprint density at radius 2 is 2.38 bits per heavy atom. The number of β-amino-alcohol motifs (C(OH)–C–C–N with tert-alkyl or cyclic N) is 1. The van der Waals surface area contributed by atoms with Gasteiger partial charge in [-0.15, -0.1) is 19.0 Å². The molecule has 0 aromatic heterocycles. The zero-order valence-electron chi connectivity index (χ0n) is 9.69. The second kappa shape index (κ2) is 7.65. The van der Waals surface area contributed by atoms with E-state index in [-0.39, 0.29) is 30.5 Å². The molecule has 0 spiro atoms. The van der Waals surface area contributed by atoms with Gasteiger partial charge in [-0.05, 0) is 19.3 Å². The Labute approximate surface area is 103 Å². The highest BCUT2D eigenvalue weighted by molar-refractivity contribution is 5.85. The lowest BCUT2D eigenvalue weighted by atomic mass is 10.2. The monoisotopic (exact) mass is 248 g/mol. The van der Waals surface area contributed by atoms with Gasteiger partial charge in [0.1, 0.15) is 0 Å². The van der Waals surface area contributed by atoms with E-state index in [1.54, 1.807) is 11.9 Å². The predicted molar refractivity (Wildman–Crippen MR) is 66.7 cm³/mol.